The molecule has 0 saturated carbocycles. The highest BCUT2D eigenvalue weighted by atomic mass is 32.1. The maximum absolute atomic E-state index is 11.2. The van der Waals surface area contributed by atoms with E-state index >= 15 is 0 Å². The summed E-state index contributed by atoms with van der Waals surface area (Å²) in [5.41, 5.74) is -0.0143. The summed E-state index contributed by atoms with van der Waals surface area (Å²) in [7, 11) is 0. The van der Waals surface area contributed by atoms with Crippen LogP contribution in [0.4, 0.5) is 4.79 Å². The van der Waals surface area contributed by atoms with Crippen molar-refractivity contribution in [2.24, 2.45) is 0 Å². The van der Waals surface area contributed by atoms with Crippen LogP contribution >= 0.6 is 11.3 Å². The first-order valence-electron chi connectivity index (χ1n) is 4.76. The molecule has 1 aromatic rings. The molecule has 0 aliphatic carbocycles. The molecule has 2 amide bonds. The molecule has 1 rings (SSSR count). The number of terminal acetylenes is 1. The van der Waals surface area contributed by atoms with Crippen molar-refractivity contribution in [3.63, 3.8) is 0 Å². The lowest BCUT2D eigenvalue weighted by atomic mass is 10.4. The molecule has 0 bridgehead atoms. The highest BCUT2D eigenvalue weighted by Gasteiger charge is 2.08. The largest absolute Gasteiger partial charge is 0.476 e. The third-order valence-corrected chi connectivity index (χ3v) is 2.57. The number of aromatic nitrogens is 1. The lowest BCUT2D eigenvalue weighted by molar-refractivity contribution is 0.0691. The van der Waals surface area contributed by atoms with E-state index in [1.807, 2.05) is 0 Å². The summed E-state index contributed by atoms with van der Waals surface area (Å²) < 4.78 is 0. The SMILES string of the molecule is C#CCCNC(=O)NCc1nc(C(=O)O)cs1. The molecule has 90 valence electrons. The maximum atomic E-state index is 11.2. The van der Waals surface area contributed by atoms with Gasteiger partial charge in [-0.1, -0.05) is 0 Å². The number of nitrogens with one attached hydrogen (secondary N) is 2. The van der Waals surface area contributed by atoms with Crippen molar-refractivity contribution in [2.75, 3.05) is 6.54 Å². The molecule has 1 heterocycles. The highest BCUT2D eigenvalue weighted by Crippen LogP contribution is 2.08. The minimum atomic E-state index is -1.08. The van der Waals surface area contributed by atoms with Gasteiger partial charge in [0.05, 0.1) is 6.54 Å². The second kappa shape index (κ2) is 6.50. The van der Waals surface area contributed by atoms with Gasteiger partial charge in [0.2, 0.25) is 0 Å². The van der Waals surface area contributed by atoms with Crippen molar-refractivity contribution in [3.05, 3.63) is 16.1 Å². The number of hydrogen-bond acceptors (Lipinski definition) is 4. The van der Waals surface area contributed by atoms with Gasteiger partial charge < -0.3 is 15.7 Å². The molecule has 0 unspecified atom stereocenters. The zero-order chi connectivity index (χ0) is 12.7. The van der Waals surface area contributed by atoms with Gasteiger partial charge >= 0.3 is 12.0 Å². The van der Waals surface area contributed by atoms with E-state index in [1.54, 1.807) is 0 Å². The number of nitrogens with zero attached hydrogens (tertiary/aromatic N) is 1. The minimum absolute atomic E-state index is 0.0143. The Morgan fingerprint density at radius 3 is 2.88 bits per heavy atom. The monoisotopic (exact) mass is 253 g/mol. The van der Waals surface area contributed by atoms with Crippen LogP contribution < -0.4 is 10.6 Å². The smallest absolute Gasteiger partial charge is 0.355 e. The quantitative estimate of drug-likeness (QED) is 0.531. The molecule has 0 spiro atoms. The van der Waals surface area contributed by atoms with Crippen LogP contribution in [0.2, 0.25) is 0 Å². The van der Waals surface area contributed by atoms with Crippen LogP contribution in [0.5, 0.6) is 0 Å². The number of aromatic carboxylic acids is 1. The number of carbonyl (C=O) groups is 2. The van der Waals surface area contributed by atoms with Crippen LogP contribution in [-0.4, -0.2) is 28.6 Å². The Bertz CT molecular complexity index is 450. The Hall–Kier alpha value is -2.07. The molecule has 3 N–H and O–H groups in total. The summed E-state index contributed by atoms with van der Waals surface area (Å²) in [6.45, 7) is 0.598. The van der Waals surface area contributed by atoms with Gasteiger partial charge in [-0.05, 0) is 0 Å². The number of carbonyl (C=O) groups excluding carboxylic acids is 1. The van der Waals surface area contributed by atoms with E-state index in [0.717, 1.165) is 0 Å². The summed E-state index contributed by atoms with van der Waals surface area (Å²) in [5, 5.41) is 15.7. The molecule has 1 aromatic heterocycles. The van der Waals surface area contributed by atoms with Crippen molar-refractivity contribution in [1.82, 2.24) is 15.6 Å². The van der Waals surface area contributed by atoms with E-state index in [4.69, 9.17) is 11.5 Å². The molecule has 0 aliphatic heterocycles. The van der Waals surface area contributed by atoms with Gasteiger partial charge in [0.15, 0.2) is 5.69 Å². The summed E-state index contributed by atoms with van der Waals surface area (Å²) in [6.07, 6.45) is 5.49. The van der Waals surface area contributed by atoms with Crippen molar-refractivity contribution < 1.29 is 14.7 Å². The standard InChI is InChI=1S/C10H11N3O3S/c1-2-3-4-11-10(16)12-5-8-13-7(6-17-8)9(14)15/h1,6H,3-5H2,(H,14,15)(H2,11,12,16). The highest BCUT2D eigenvalue weighted by molar-refractivity contribution is 7.09. The summed E-state index contributed by atoms with van der Waals surface area (Å²) >= 11 is 1.18. The van der Waals surface area contributed by atoms with Crippen LogP contribution in [-0.2, 0) is 6.54 Å². The first-order chi connectivity index (χ1) is 8.13. The van der Waals surface area contributed by atoms with Gasteiger partial charge in [0, 0.05) is 18.3 Å². The Balaban J connectivity index is 2.32. The second-order valence-electron chi connectivity index (χ2n) is 3.00. The number of hydrogen-bond donors (Lipinski definition) is 3. The van der Waals surface area contributed by atoms with Gasteiger partial charge in [0.25, 0.3) is 0 Å². The lowest BCUT2D eigenvalue weighted by Crippen LogP contribution is -2.35. The number of amides is 2. The molecule has 0 atom stereocenters. The van der Waals surface area contributed by atoms with Crippen molar-refractivity contribution in [3.8, 4) is 12.3 Å². The van der Waals surface area contributed by atoms with Gasteiger partial charge in [-0.15, -0.1) is 23.7 Å². The van der Waals surface area contributed by atoms with Crippen LogP contribution in [0.1, 0.15) is 21.9 Å². The first kappa shape index (κ1) is 13.0. The second-order valence-corrected chi connectivity index (χ2v) is 3.94. The molecular formula is C10H11N3O3S. The Labute approximate surface area is 102 Å². The molecule has 0 aromatic carbocycles. The molecule has 17 heavy (non-hydrogen) atoms. The van der Waals surface area contributed by atoms with E-state index in [0.29, 0.717) is 18.0 Å². The normalized spacial score (nSPS) is 9.35. The average molecular weight is 253 g/mol. The van der Waals surface area contributed by atoms with Crippen molar-refractivity contribution >= 4 is 23.3 Å². The molecular weight excluding hydrogens is 242 g/mol. The predicted octanol–water partition coefficient (Wildman–Crippen LogP) is 0.664. The topological polar surface area (TPSA) is 91.3 Å². The van der Waals surface area contributed by atoms with E-state index in [2.05, 4.69) is 21.5 Å². The zero-order valence-electron chi connectivity index (χ0n) is 8.90. The fourth-order valence-electron chi connectivity index (χ4n) is 0.957. The molecule has 7 heteroatoms. The Morgan fingerprint density at radius 1 is 1.53 bits per heavy atom. The number of rotatable bonds is 5. The summed E-state index contributed by atoms with van der Waals surface area (Å²) in [4.78, 5) is 25.6. The molecule has 0 radical (unpaired) electrons. The van der Waals surface area contributed by atoms with Crippen molar-refractivity contribution in [1.29, 1.82) is 0 Å². The van der Waals surface area contributed by atoms with Gasteiger partial charge in [-0.25, -0.2) is 14.6 Å². The molecule has 0 saturated heterocycles. The zero-order valence-corrected chi connectivity index (χ0v) is 9.71. The Morgan fingerprint density at radius 2 is 2.29 bits per heavy atom. The van der Waals surface area contributed by atoms with E-state index in [9.17, 15) is 9.59 Å². The van der Waals surface area contributed by atoms with Crippen LogP contribution in [0.15, 0.2) is 5.38 Å². The molecule has 0 aliphatic rings. The van der Waals surface area contributed by atoms with Crippen molar-refractivity contribution in [2.45, 2.75) is 13.0 Å². The van der Waals surface area contributed by atoms with Crippen LogP contribution in [0, 0.1) is 12.3 Å². The van der Waals surface area contributed by atoms with Gasteiger partial charge in [-0.3, -0.25) is 0 Å². The van der Waals surface area contributed by atoms with Crippen LogP contribution in [0.25, 0.3) is 0 Å². The van der Waals surface area contributed by atoms with E-state index in [-0.39, 0.29) is 18.3 Å². The number of urea groups is 1. The van der Waals surface area contributed by atoms with E-state index < -0.39 is 5.97 Å². The number of thiazole rings is 1. The minimum Gasteiger partial charge on any atom is -0.476 e. The van der Waals surface area contributed by atoms with Gasteiger partial charge in [0.1, 0.15) is 5.01 Å². The maximum Gasteiger partial charge on any atom is 0.355 e. The third kappa shape index (κ3) is 4.53. The molecule has 0 fully saturated rings. The van der Waals surface area contributed by atoms with Gasteiger partial charge in [-0.2, -0.15) is 0 Å². The fourth-order valence-corrected chi connectivity index (χ4v) is 1.66. The lowest BCUT2D eigenvalue weighted by Gasteiger charge is -2.03. The van der Waals surface area contributed by atoms with Crippen LogP contribution in [0.3, 0.4) is 0 Å². The summed E-state index contributed by atoms with van der Waals surface area (Å²) in [6, 6.07) is -0.354. The number of carboxylic acid groups (broad SMARTS) is 1. The average Bonchev–Trinajstić information content (AvgIpc) is 2.75. The fraction of sp³-hybridized carbons (Fsp3) is 0.300. The summed E-state index contributed by atoms with van der Waals surface area (Å²) in [5.74, 6) is 1.32. The van der Waals surface area contributed by atoms with E-state index in [1.165, 1.54) is 16.7 Å². The first-order valence-corrected chi connectivity index (χ1v) is 5.64. The number of carboxylic acids is 1. The molecule has 6 nitrogen and oxygen atoms in total. The Kier molecular flexibility index (Phi) is 4.97. The third-order valence-electron chi connectivity index (χ3n) is 1.73. The predicted molar refractivity (Wildman–Crippen MR) is 62.8 cm³/mol.